The number of hydrogen-bond acceptors (Lipinski definition) is 3. The Morgan fingerprint density at radius 2 is 2.17 bits per heavy atom. The molecule has 2 aromatic rings. The monoisotopic (exact) mass is 331 g/mol. The minimum atomic E-state index is -0.373. The molecule has 128 valence electrons. The van der Waals surface area contributed by atoms with Crippen molar-refractivity contribution < 1.29 is 13.9 Å². The average molecular weight is 331 g/mol. The molecule has 1 saturated heterocycles. The SMILES string of the molecule is CC(C)C1CN(C(=O)c2cnn(-c3ccccc3F)c2)CCCO1. The Labute approximate surface area is 141 Å². The normalized spacial score (nSPS) is 18.7. The molecule has 1 aliphatic rings. The summed E-state index contributed by atoms with van der Waals surface area (Å²) in [7, 11) is 0. The van der Waals surface area contributed by atoms with E-state index < -0.39 is 0 Å². The fourth-order valence-corrected chi connectivity index (χ4v) is 2.82. The minimum absolute atomic E-state index is 0.0399. The van der Waals surface area contributed by atoms with Crippen LogP contribution in [0.4, 0.5) is 4.39 Å². The van der Waals surface area contributed by atoms with Crippen molar-refractivity contribution in [3.63, 3.8) is 0 Å². The molecule has 1 amide bonds. The fourth-order valence-electron chi connectivity index (χ4n) is 2.82. The van der Waals surface area contributed by atoms with E-state index in [1.807, 2.05) is 0 Å². The molecule has 1 atom stereocenters. The predicted octanol–water partition coefficient (Wildman–Crippen LogP) is 2.90. The van der Waals surface area contributed by atoms with Crippen LogP contribution in [0, 0.1) is 11.7 Å². The van der Waals surface area contributed by atoms with Gasteiger partial charge in [-0.1, -0.05) is 26.0 Å². The maximum atomic E-state index is 13.9. The predicted molar refractivity (Wildman–Crippen MR) is 88.6 cm³/mol. The summed E-state index contributed by atoms with van der Waals surface area (Å²) in [6, 6.07) is 6.36. The summed E-state index contributed by atoms with van der Waals surface area (Å²) >= 11 is 0. The molecule has 1 unspecified atom stereocenters. The van der Waals surface area contributed by atoms with Gasteiger partial charge in [-0.15, -0.1) is 0 Å². The summed E-state index contributed by atoms with van der Waals surface area (Å²) in [4.78, 5) is 14.6. The van der Waals surface area contributed by atoms with Crippen LogP contribution < -0.4 is 0 Å². The van der Waals surface area contributed by atoms with E-state index in [0.29, 0.717) is 36.9 Å². The third kappa shape index (κ3) is 3.48. The standard InChI is InChI=1S/C18H22FN3O2/c1-13(2)17-12-21(8-5-9-24-17)18(23)14-10-20-22(11-14)16-7-4-3-6-15(16)19/h3-4,6-7,10-11,13,17H,5,8-9,12H2,1-2H3. The number of carbonyl (C=O) groups excluding carboxylic acids is 1. The Hall–Kier alpha value is -2.21. The summed E-state index contributed by atoms with van der Waals surface area (Å²) in [6.45, 7) is 6.08. The highest BCUT2D eigenvalue weighted by atomic mass is 19.1. The summed E-state index contributed by atoms with van der Waals surface area (Å²) in [6.07, 6.45) is 3.93. The van der Waals surface area contributed by atoms with Gasteiger partial charge in [-0.2, -0.15) is 5.10 Å². The van der Waals surface area contributed by atoms with Crippen molar-refractivity contribution in [1.82, 2.24) is 14.7 Å². The van der Waals surface area contributed by atoms with E-state index in [4.69, 9.17) is 4.74 Å². The average Bonchev–Trinajstić information content (AvgIpc) is 2.91. The molecule has 0 saturated carbocycles. The highest BCUT2D eigenvalue weighted by molar-refractivity contribution is 5.93. The number of aromatic nitrogens is 2. The summed E-state index contributed by atoms with van der Waals surface area (Å²) in [5, 5.41) is 4.14. The van der Waals surface area contributed by atoms with Crippen LogP contribution >= 0.6 is 0 Å². The zero-order chi connectivity index (χ0) is 17.1. The molecule has 2 heterocycles. The summed E-state index contributed by atoms with van der Waals surface area (Å²) in [5.41, 5.74) is 0.790. The van der Waals surface area contributed by atoms with Gasteiger partial charge in [0, 0.05) is 25.9 Å². The van der Waals surface area contributed by atoms with Crippen molar-refractivity contribution >= 4 is 5.91 Å². The van der Waals surface area contributed by atoms with Gasteiger partial charge in [0.1, 0.15) is 11.5 Å². The molecule has 0 radical (unpaired) electrons. The molecule has 1 aromatic carbocycles. The van der Waals surface area contributed by atoms with Gasteiger partial charge in [0.2, 0.25) is 0 Å². The molecule has 0 bridgehead atoms. The molecule has 1 fully saturated rings. The molecule has 24 heavy (non-hydrogen) atoms. The second kappa shape index (κ2) is 7.13. The van der Waals surface area contributed by atoms with E-state index in [1.165, 1.54) is 16.9 Å². The van der Waals surface area contributed by atoms with Crippen LogP contribution in [0.1, 0.15) is 30.6 Å². The molecular weight excluding hydrogens is 309 g/mol. The molecule has 0 N–H and O–H groups in total. The van der Waals surface area contributed by atoms with Crippen LogP contribution in [0.3, 0.4) is 0 Å². The molecule has 1 aromatic heterocycles. The Morgan fingerprint density at radius 1 is 1.38 bits per heavy atom. The second-order valence-electron chi connectivity index (χ2n) is 6.38. The third-order valence-corrected chi connectivity index (χ3v) is 4.26. The summed E-state index contributed by atoms with van der Waals surface area (Å²) < 4.78 is 21.1. The van der Waals surface area contributed by atoms with Crippen molar-refractivity contribution in [1.29, 1.82) is 0 Å². The number of carbonyl (C=O) groups is 1. The summed E-state index contributed by atoms with van der Waals surface area (Å²) in [5.74, 6) is -0.115. The fraction of sp³-hybridized carbons (Fsp3) is 0.444. The topological polar surface area (TPSA) is 47.4 Å². The quantitative estimate of drug-likeness (QED) is 0.869. The van der Waals surface area contributed by atoms with Gasteiger partial charge in [-0.05, 0) is 24.5 Å². The molecule has 5 nitrogen and oxygen atoms in total. The van der Waals surface area contributed by atoms with Crippen molar-refractivity contribution in [2.24, 2.45) is 5.92 Å². The van der Waals surface area contributed by atoms with E-state index in [2.05, 4.69) is 18.9 Å². The Morgan fingerprint density at radius 3 is 2.92 bits per heavy atom. The van der Waals surface area contributed by atoms with Crippen LogP contribution in [0.5, 0.6) is 0 Å². The Kier molecular flexibility index (Phi) is 4.94. The third-order valence-electron chi connectivity index (χ3n) is 4.26. The first-order valence-corrected chi connectivity index (χ1v) is 8.26. The lowest BCUT2D eigenvalue weighted by Crippen LogP contribution is -2.38. The Balaban J connectivity index is 1.79. The zero-order valence-corrected chi connectivity index (χ0v) is 14.0. The van der Waals surface area contributed by atoms with Gasteiger partial charge in [0.15, 0.2) is 0 Å². The van der Waals surface area contributed by atoms with Crippen LogP contribution in [0.15, 0.2) is 36.7 Å². The lowest BCUT2D eigenvalue weighted by atomic mass is 10.1. The number of nitrogens with zero attached hydrogens (tertiary/aromatic N) is 3. The van der Waals surface area contributed by atoms with Gasteiger partial charge in [-0.25, -0.2) is 9.07 Å². The number of benzene rings is 1. The Bertz CT molecular complexity index is 714. The largest absolute Gasteiger partial charge is 0.376 e. The van der Waals surface area contributed by atoms with Crippen LogP contribution in [-0.4, -0.2) is 46.4 Å². The first-order chi connectivity index (χ1) is 11.6. The van der Waals surface area contributed by atoms with Crippen molar-refractivity contribution in [3.05, 3.63) is 48.0 Å². The van der Waals surface area contributed by atoms with Gasteiger partial charge >= 0.3 is 0 Å². The van der Waals surface area contributed by atoms with E-state index in [1.54, 1.807) is 29.3 Å². The van der Waals surface area contributed by atoms with Crippen molar-refractivity contribution in [3.8, 4) is 5.69 Å². The van der Waals surface area contributed by atoms with Gasteiger partial charge in [-0.3, -0.25) is 4.79 Å². The zero-order valence-electron chi connectivity index (χ0n) is 14.0. The molecular formula is C18H22FN3O2. The van der Waals surface area contributed by atoms with Gasteiger partial charge in [0.05, 0.1) is 17.9 Å². The molecule has 6 heteroatoms. The van der Waals surface area contributed by atoms with Crippen LogP contribution in [0.2, 0.25) is 0 Å². The molecule has 0 aliphatic carbocycles. The van der Waals surface area contributed by atoms with E-state index in [-0.39, 0.29) is 17.8 Å². The van der Waals surface area contributed by atoms with Crippen molar-refractivity contribution in [2.75, 3.05) is 19.7 Å². The lowest BCUT2D eigenvalue weighted by Gasteiger charge is -2.25. The number of hydrogen-bond donors (Lipinski definition) is 0. The van der Waals surface area contributed by atoms with Crippen LogP contribution in [-0.2, 0) is 4.74 Å². The highest BCUT2D eigenvalue weighted by Crippen LogP contribution is 2.17. The second-order valence-corrected chi connectivity index (χ2v) is 6.38. The number of halogens is 1. The van der Waals surface area contributed by atoms with Gasteiger partial charge < -0.3 is 9.64 Å². The number of ether oxygens (including phenoxy) is 1. The van der Waals surface area contributed by atoms with E-state index in [9.17, 15) is 9.18 Å². The first kappa shape index (κ1) is 16.6. The maximum Gasteiger partial charge on any atom is 0.257 e. The number of rotatable bonds is 3. The smallest absolute Gasteiger partial charge is 0.257 e. The lowest BCUT2D eigenvalue weighted by molar-refractivity contribution is 0.0222. The van der Waals surface area contributed by atoms with E-state index in [0.717, 1.165) is 6.42 Å². The van der Waals surface area contributed by atoms with Gasteiger partial charge in [0.25, 0.3) is 5.91 Å². The highest BCUT2D eigenvalue weighted by Gasteiger charge is 2.26. The number of amides is 1. The molecule has 1 aliphatic heterocycles. The number of para-hydroxylation sites is 1. The van der Waals surface area contributed by atoms with Crippen molar-refractivity contribution in [2.45, 2.75) is 26.4 Å². The minimum Gasteiger partial charge on any atom is -0.376 e. The molecule has 3 rings (SSSR count). The van der Waals surface area contributed by atoms with Crippen LogP contribution in [0.25, 0.3) is 5.69 Å². The first-order valence-electron chi connectivity index (χ1n) is 8.26. The maximum absolute atomic E-state index is 13.9. The molecule has 0 spiro atoms. The van der Waals surface area contributed by atoms with E-state index >= 15 is 0 Å².